The number of hydrogen-bond donors (Lipinski definition) is 3. The van der Waals surface area contributed by atoms with Crippen molar-refractivity contribution in [2.75, 3.05) is 20.0 Å². The summed E-state index contributed by atoms with van der Waals surface area (Å²) in [6.07, 6.45) is 1.81. The van der Waals surface area contributed by atoms with Crippen molar-refractivity contribution in [2.24, 2.45) is 0 Å². The summed E-state index contributed by atoms with van der Waals surface area (Å²) in [5, 5.41) is 15.0. The fraction of sp³-hybridized carbons (Fsp3) is 0.214. The van der Waals surface area contributed by atoms with Crippen LogP contribution < -0.4 is 5.73 Å². The van der Waals surface area contributed by atoms with E-state index in [0.29, 0.717) is 0 Å². The average molecular weight is 312 g/mol. The maximum absolute atomic E-state index is 7.00. The third-order valence-corrected chi connectivity index (χ3v) is 4.19. The lowest BCUT2D eigenvalue weighted by molar-refractivity contribution is 0.399. The second-order valence-corrected chi connectivity index (χ2v) is 5.57. The molecule has 20 heavy (non-hydrogen) atoms. The topological polar surface area (TPSA) is 79.4 Å². The fourth-order valence-electron chi connectivity index (χ4n) is 1.17. The quantitative estimate of drug-likeness (QED) is 0.595. The number of hydrogen-bond acceptors (Lipinski definition) is 6. The fourth-order valence-corrected chi connectivity index (χ4v) is 3.16. The zero-order valence-corrected chi connectivity index (χ0v) is 13.2. The summed E-state index contributed by atoms with van der Waals surface area (Å²) in [4.78, 5) is 4.25. The van der Waals surface area contributed by atoms with Gasteiger partial charge in [0.15, 0.2) is 0 Å². The first-order valence-corrected chi connectivity index (χ1v) is 8.11. The summed E-state index contributed by atoms with van der Waals surface area (Å²) < 4.78 is 0. The minimum atomic E-state index is 0.811. The Bertz CT molecular complexity index is 439. The van der Waals surface area contributed by atoms with Crippen LogP contribution in [0.5, 0.6) is 0 Å². The highest BCUT2D eigenvalue weighted by molar-refractivity contribution is 8.76. The highest BCUT2D eigenvalue weighted by Crippen LogP contribution is 2.31. The Morgan fingerprint density at radius 3 is 2.20 bits per heavy atom. The van der Waals surface area contributed by atoms with Crippen LogP contribution in [0.25, 0.3) is 0 Å². The predicted molar refractivity (Wildman–Crippen MR) is 88.5 cm³/mol. The van der Waals surface area contributed by atoms with Gasteiger partial charge in [0, 0.05) is 31.9 Å². The Labute approximate surface area is 127 Å². The molecule has 1 heterocycles. The lowest BCUT2D eigenvalue weighted by atomic mass is 10.2. The van der Waals surface area contributed by atoms with Crippen molar-refractivity contribution in [3.05, 3.63) is 54.2 Å². The first kappa shape index (κ1) is 18.8. The third-order valence-electron chi connectivity index (χ3n) is 1.99. The number of nitrogens with zero attached hydrogens (tertiary/aromatic N) is 1. The molecule has 0 saturated heterocycles. The molecule has 6 heteroatoms. The van der Waals surface area contributed by atoms with Crippen molar-refractivity contribution in [1.29, 1.82) is 0 Å². The van der Waals surface area contributed by atoms with E-state index in [1.54, 1.807) is 21.6 Å². The van der Waals surface area contributed by atoms with Crippen LogP contribution in [0.4, 0.5) is 5.69 Å². The van der Waals surface area contributed by atoms with Crippen LogP contribution in [0.3, 0.4) is 0 Å². The molecule has 0 aliphatic heterocycles. The Morgan fingerprint density at radius 2 is 1.65 bits per heavy atom. The van der Waals surface area contributed by atoms with Gasteiger partial charge < -0.3 is 15.9 Å². The van der Waals surface area contributed by atoms with Crippen molar-refractivity contribution in [3.63, 3.8) is 0 Å². The summed E-state index contributed by atoms with van der Waals surface area (Å²) in [6, 6.07) is 13.9. The molecule has 110 valence electrons. The van der Waals surface area contributed by atoms with Crippen molar-refractivity contribution in [3.8, 4) is 0 Å². The standard InChI is InChI=1S/C12H12N2S2.2CH4O/c13-11-6-4-10(5-7-11)9-15-16-12-3-1-2-8-14-12;2*1-2/h1-8H,9,13H2;2*2H,1H3. The van der Waals surface area contributed by atoms with Gasteiger partial charge in [-0.2, -0.15) is 0 Å². The number of aromatic nitrogens is 1. The summed E-state index contributed by atoms with van der Waals surface area (Å²) in [7, 11) is 5.47. The molecule has 0 saturated carbocycles. The van der Waals surface area contributed by atoms with Crippen molar-refractivity contribution < 1.29 is 10.2 Å². The number of rotatable bonds is 4. The molecule has 4 nitrogen and oxygen atoms in total. The lowest BCUT2D eigenvalue weighted by Gasteiger charge is -2.01. The maximum Gasteiger partial charge on any atom is 0.106 e. The zero-order chi connectivity index (χ0) is 15.2. The first-order valence-electron chi connectivity index (χ1n) is 5.79. The van der Waals surface area contributed by atoms with Crippen LogP contribution in [0.2, 0.25) is 0 Å². The monoisotopic (exact) mass is 312 g/mol. The normalized spacial score (nSPS) is 8.80. The van der Waals surface area contributed by atoms with Crippen LogP contribution in [0.15, 0.2) is 53.7 Å². The van der Waals surface area contributed by atoms with Crippen molar-refractivity contribution in [1.82, 2.24) is 4.98 Å². The van der Waals surface area contributed by atoms with Gasteiger partial charge >= 0.3 is 0 Å². The molecule has 0 unspecified atom stereocenters. The van der Waals surface area contributed by atoms with Crippen LogP contribution in [-0.4, -0.2) is 29.4 Å². The number of anilines is 1. The number of aliphatic hydroxyl groups is 2. The van der Waals surface area contributed by atoms with E-state index in [2.05, 4.69) is 17.1 Å². The van der Waals surface area contributed by atoms with Gasteiger partial charge in [0.05, 0.1) is 0 Å². The number of benzene rings is 1. The molecule has 0 aliphatic carbocycles. The molecule has 1 aromatic carbocycles. The smallest absolute Gasteiger partial charge is 0.106 e. The SMILES string of the molecule is CO.CO.Nc1ccc(CSSc2ccccn2)cc1. The van der Waals surface area contributed by atoms with Crippen molar-refractivity contribution >= 4 is 27.3 Å². The molecule has 0 bridgehead atoms. The van der Waals surface area contributed by atoms with Crippen molar-refractivity contribution in [2.45, 2.75) is 10.8 Å². The van der Waals surface area contributed by atoms with Gasteiger partial charge in [-0.05, 0) is 40.6 Å². The Hall–Kier alpha value is -1.21. The second kappa shape index (κ2) is 12.8. The van der Waals surface area contributed by atoms with Gasteiger partial charge in [-0.25, -0.2) is 4.98 Å². The minimum absolute atomic E-state index is 0.811. The van der Waals surface area contributed by atoms with Crippen LogP contribution in [0.1, 0.15) is 5.56 Å². The minimum Gasteiger partial charge on any atom is -0.400 e. The van der Waals surface area contributed by atoms with E-state index in [1.165, 1.54) is 5.56 Å². The molecular formula is C14H20N2O2S2. The summed E-state index contributed by atoms with van der Waals surface area (Å²) in [5.41, 5.74) is 7.72. The number of nitrogens with two attached hydrogens (primary N) is 1. The van der Waals surface area contributed by atoms with Crippen LogP contribution in [-0.2, 0) is 5.75 Å². The van der Waals surface area contributed by atoms with E-state index in [-0.39, 0.29) is 0 Å². The van der Waals surface area contributed by atoms with E-state index in [0.717, 1.165) is 30.7 Å². The summed E-state index contributed by atoms with van der Waals surface area (Å²) >= 11 is 0. The van der Waals surface area contributed by atoms with Gasteiger partial charge in [0.2, 0.25) is 0 Å². The molecule has 2 rings (SSSR count). The number of aliphatic hydroxyl groups excluding tert-OH is 2. The van der Waals surface area contributed by atoms with Crippen LogP contribution in [0, 0.1) is 0 Å². The Balaban J connectivity index is 0.000000829. The molecule has 1 aromatic heterocycles. The van der Waals surface area contributed by atoms with E-state index in [9.17, 15) is 0 Å². The molecule has 0 amide bonds. The first-order chi connectivity index (χ1) is 9.84. The summed E-state index contributed by atoms with van der Waals surface area (Å²) in [5.74, 6) is 0.960. The van der Waals surface area contributed by atoms with E-state index in [1.807, 2.05) is 36.5 Å². The number of pyridine rings is 1. The predicted octanol–water partition coefficient (Wildman–Crippen LogP) is 2.82. The third kappa shape index (κ3) is 8.06. The molecule has 0 fully saturated rings. The Kier molecular flexibility index (Phi) is 12.0. The molecule has 0 radical (unpaired) electrons. The van der Waals surface area contributed by atoms with Crippen LogP contribution >= 0.6 is 21.6 Å². The number of nitrogen functional groups attached to an aromatic ring is 1. The molecule has 0 atom stereocenters. The molecule has 4 N–H and O–H groups in total. The zero-order valence-electron chi connectivity index (χ0n) is 11.6. The highest BCUT2D eigenvalue weighted by atomic mass is 33.1. The largest absolute Gasteiger partial charge is 0.400 e. The average Bonchev–Trinajstić information content (AvgIpc) is 2.54. The van der Waals surface area contributed by atoms with E-state index >= 15 is 0 Å². The molecule has 0 spiro atoms. The van der Waals surface area contributed by atoms with Gasteiger partial charge in [-0.15, -0.1) is 0 Å². The van der Waals surface area contributed by atoms with Gasteiger partial charge in [0.25, 0.3) is 0 Å². The second-order valence-electron chi connectivity index (χ2n) is 3.26. The van der Waals surface area contributed by atoms with E-state index < -0.39 is 0 Å². The van der Waals surface area contributed by atoms with Gasteiger partial charge in [0.1, 0.15) is 5.03 Å². The molecule has 2 aromatic rings. The van der Waals surface area contributed by atoms with Gasteiger partial charge in [-0.1, -0.05) is 29.0 Å². The molecule has 0 aliphatic rings. The van der Waals surface area contributed by atoms with Gasteiger partial charge in [-0.3, -0.25) is 0 Å². The maximum atomic E-state index is 7.00. The summed E-state index contributed by atoms with van der Waals surface area (Å²) in [6.45, 7) is 0. The molecular weight excluding hydrogens is 292 g/mol. The van der Waals surface area contributed by atoms with E-state index in [4.69, 9.17) is 15.9 Å². The highest BCUT2D eigenvalue weighted by Gasteiger charge is 1.96. The Morgan fingerprint density at radius 1 is 1.00 bits per heavy atom. The lowest BCUT2D eigenvalue weighted by Crippen LogP contribution is -1.84.